The number of ether oxygens (including phenoxy) is 1. The average molecular weight is 387 g/mol. The van der Waals surface area contributed by atoms with Crippen LogP contribution in [0.2, 0.25) is 0 Å². The van der Waals surface area contributed by atoms with Crippen molar-refractivity contribution in [3.63, 3.8) is 0 Å². The summed E-state index contributed by atoms with van der Waals surface area (Å²) in [5.74, 6) is 1.46. The van der Waals surface area contributed by atoms with E-state index in [1.54, 1.807) is 28.7 Å². The van der Waals surface area contributed by atoms with Crippen LogP contribution in [0, 0.1) is 13.8 Å². The maximum absolute atomic E-state index is 13.3. The molecule has 7 nitrogen and oxygen atoms in total. The van der Waals surface area contributed by atoms with Crippen molar-refractivity contribution >= 4 is 17.4 Å². The lowest BCUT2D eigenvalue weighted by Crippen LogP contribution is -2.31. The Labute approximate surface area is 168 Å². The maximum Gasteiger partial charge on any atom is 0.258 e. The van der Waals surface area contributed by atoms with Gasteiger partial charge in [-0.3, -0.25) is 9.69 Å². The molecule has 0 fully saturated rings. The number of amides is 1. The molecule has 2 heterocycles. The first-order chi connectivity index (χ1) is 14.1. The van der Waals surface area contributed by atoms with E-state index in [0.29, 0.717) is 28.6 Å². The molecule has 0 saturated carbocycles. The van der Waals surface area contributed by atoms with Crippen molar-refractivity contribution in [1.82, 2.24) is 19.6 Å². The van der Waals surface area contributed by atoms with Gasteiger partial charge in [0, 0.05) is 17.0 Å². The van der Waals surface area contributed by atoms with E-state index in [1.807, 2.05) is 62.4 Å². The topological polar surface area (TPSA) is 72.6 Å². The third kappa shape index (κ3) is 3.67. The average Bonchev–Trinajstić information content (AvgIpc) is 3.15. The summed E-state index contributed by atoms with van der Waals surface area (Å²) in [5, 5.41) is 4.56. The highest BCUT2D eigenvalue weighted by Crippen LogP contribution is 2.30. The van der Waals surface area contributed by atoms with Gasteiger partial charge in [0.2, 0.25) is 0 Å². The summed E-state index contributed by atoms with van der Waals surface area (Å²) in [6.07, 6.45) is 0. The van der Waals surface area contributed by atoms with Crippen molar-refractivity contribution in [3.05, 3.63) is 83.4 Å². The largest absolute Gasteiger partial charge is 0.495 e. The highest BCUT2D eigenvalue weighted by atomic mass is 16.5. The van der Waals surface area contributed by atoms with E-state index in [1.165, 1.54) is 0 Å². The Hall–Kier alpha value is -3.74. The van der Waals surface area contributed by atoms with Crippen molar-refractivity contribution in [2.24, 2.45) is 0 Å². The molecule has 0 saturated heterocycles. The van der Waals surface area contributed by atoms with Crippen LogP contribution in [0.25, 0.3) is 5.78 Å². The fourth-order valence-electron chi connectivity index (χ4n) is 3.27. The molecule has 0 aliphatic carbocycles. The Morgan fingerprint density at radius 1 is 1.03 bits per heavy atom. The number of aryl methyl sites for hydroxylation is 2. The van der Waals surface area contributed by atoms with Crippen LogP contribution in [0.1, 0.15) is 27.6 Å². The maximum atomic E-state index is 13.3. The SMILES string of the molecule is COc1ccccc1N(Cc1nc2nc(C)cc(C)n2n1)C(=O)c1ccccc1. The molecular formula is C22H21N5O2. The number of para-hydroxylation sites is 2. The fraction of sp³-hybridized carbons (Fsp3) is 0.182. The molecule has 146 valence electrons. The fourth-order valence-corrected chi connectivity index (χ4v) is 3.27. The molecule has 0 radical (unpaired) electrons. The molecule has 0 spiro atoms. The zero-order valence-corrected chi connectivity index (χ0v) is 16.5. The Morgan fingerprint density at radius 3 is 2.52 bits per heavy atom. The molecule has 4 aromatic rings. The number of carbonyl (C=O) groups is 1. The second kappa shape index (κ2) is 7.71. The van der Waals surface area contributed by atoms with Gasteiger partial charge in [-0.25, -0.2) is 9.50 Å². The van der Waals surface area contributed by atoms with E-state index >= 15 is 0 Å². The molecule has 29 heavy (non-hydrogen) atoms. The van der Waals surface area contributed by atoms with Gasteiger partial charge >= 0.3 is 0 Å². The monoisotopic (exact) mass is 387 g/mol. The predicted octanol–water partition coefficient (Wildman–Crippen LogP) is 3.60. The number of benzene rings is 2. The minimum atomic E-state index is -0.158. The first-order valence-corrected chi connectivity index (χ1v) is 9.26. The number of aromatic nitrogens is 4. The Kier molecular flexibility index (Phi) is 4.95. The number of carbonyl (C=O) groups excluding carboxylic acids is 1. The number of nitrogens with zero attached hydrogens (tertiary/aromatic N) is 5. The molecule has 2 aromatic carbocycles. The lowest BCUT2D eigenvalue weighted by molar-refractivity contribution is 0.0983. The van der Waals surface area contributed by atoms with E-state index in [4.69, 9.17) is 4.74 Å². The van der Waals surface area contributed by atoms with Crippen molar-refractivity contribution in [3.8, 4) is 5.75 Å². The first-order valence-electron chi connectivity index (χ1n) is 9.26. The van der Waals surface area contributed by atoms with E-state index < -0.39 is 0 Å². The van der Waals surface area contributed by atoms with E-state index in [2.05, 4.69) is 15.1 Å². The number of hydrogen-bond donors (Lipinski definition) is 0. The predicted molar refractivity (Wildman–Crippen MR) is 110 cm³/mol. The molecule has 0 N–H and O–H groups in total. The number of fused-ring (bicyclic) bond motifs is 1. The van der Waals surface area contributed by atoms with Crippen LogP contribution < -0.4 is 9.64 Å². The molecule has 4 rings (SSSR count). The lowest BCUT2D eigenvalue weighted by atomic mass is 10.1. The number of rotatable bonds is 5. The zero-order valence-electron chi connectivity index (χ0n) is 16.5. The normalized spacial score (nSPS) is 10.9. The van der Waals surface area contributed by atoms with Crippen LogP contribution in [-0.4, -0.2) is 32.6 Å². The molecule has 0 atom stereocenters. The van der Waals surface area contributed by atoms with Crippen molar-refractivity contribution < 1.29 is 9.53 Å². The molecule has 1 amide bonds. The van der Waals surface area contributed by atoms with Crippen LogP contribution in [0.4, 0.5) is 5.69 Å². The van der Waals surface area contributed by atoms with Gasteiger partial charge in [-0.15, -0.1) is 5.10 Å². The van der Waals surface area contributed by atoms with Crippen molar-refractivity contribution in [1.29, 1.82) is 0 Å². The van der Waals surface area contributed by atoms with Crippen LogP contribution in [0.5, 0.6) is 5.75 Å². The quantitative estimate of drug-likeness (QED) is 0.523. The molecule has 7 heteroatoms. The molecule has 0 bridgehead atoms. The summed E-state index contributed by atoms with van der Waals surface area (Å²) in [7, 11) is 1.59. The molecular weight excluding hydrogens is 366 g/mol. The molecule has 0 aliphatic rings. The molecule has 2 aromatic heterocycles. The van der Waals surface area contributed by atoms with Gasteiger partial charge in [-0.1, -0.05) is 30.3 Å². The molecule has 0 unspecified atom stereocenters. The molecule has 0 aliphatic heterocycles. The van der Waals surface area contributed by atoms with Crippen LogP contribution >= 0.6 is 0 Å². The summed E-state index contributed by atoms with van der Waals surface area (Å²) in [5.41, 5.74) is 3.04. The summed E-state index contributed by atoms with van der Waals surface area (Å²) in [4.78, 5) is 23.9. The van der Waals surface area contributed by atoms with Crippen molar-refractivity contribution in [2.45, 2.75) is 20.4 Å². The van der Waals surface area contributed by atoms with Gasteiger partial charge in [0.1, 0.15) is 5.75 Å². The Bertz CT molecular complexity index is 1170. The van der Waals surface area contributed by atoms with Crippen LogP contribution in [0.3, 0.4) is 0 Å². The van der Waals surface area contributed by atoms with E-state index in [0.717, 1.165) is 11.4 Å². The van der Waals surface area contributed by atoms with Gasteiger partial charge in [-0.05, 0) is 44.2 Å². The van der Waals surface area contributed by atoms with E-state index in [-0.39, 0.29) is 12.5 Å². The third-order valence-electron chi connectivity index (χ3n) is 4.60. The number of anilines is 1. The van der Waals surface area contributed by atoms with Crippen LogP contribution in [0.15, 0.2) is 60.7 Å². The van der Waals surface area contributed by atoms with E-state index in [9.17, 15) is 4.79 Å². The second-order valence-electron chi connectivity index (χ2n) is 6.71. The number of methoxy groups -OCH3 is 1. The van der Waals surface area contributed by atoms with Gasteiger partial charge in [0.25, 0.3) is 11.7 Å². The standard InChI is InChI=1S/C22H21N5O2/c1-15-13-16(2)27-22(23-15)24-20(25-27)14-26(18-11-7-8-12-19(18)29-3)21(28)17-9-5-4-6-10-17/h4-13H,14H2,1-3H3. The highest BCUT2D eigenvalue weighted by molar-refractivity contribution is 6.06. The highest BCUT2D eigenvalue weighted by Gasteiger charge is 2.23. The lowest BCUT2D eigenvalue weighted by Gasteiger charge is -2.23. The smallest absolute Gasteiger partial charge is 0.258 e. The minimum absolute atomic E-state index is 0.158. The summed E-state index contributed by atoms with van der Waals surface area (Å²) in [6.45, 7) is 4.06. The third-order valence-corrected chi connectivity index (χ3v) is 4.60. The minimum Gasteiger partial charge on any atom is -0.495 e. The van der Waals surface area contributed by atoms with Gasteiger partial charge in [0.15, 0.2) is 5.82 Å². The van der Waals surface area contributed by atoms with Crippen LogP contribution in [-0.2, 0) is 6.54 Å². The summed E-state index contributed by atoms with van der Waals surface area (Å²) in [6, 6.07) is 18.5. The number of hydrogen-bond acceptors (Lipinski definition) is 5. The second-order valence-corrected chi connectivity index (χ2v) is 6.71. The zero-order chi connectivity index (χ0) is 20.4. The van der Waals surface area contributed by atoms with Gasteiger partial charge in [-0.2, -0.15) is 4.98 Å². The Morgan fingerprint density at radius 2 is 1.76 bits per heavy atom. The van der Waals surface area contributed by atoms with Crippen molar-refractivity contribution in [2.75, 3.05) is 12.0 Å². The first kappa shape index (κ1) is 18.6. The van der Waals surface area contributed by atoms with Gasteiger partial charge < -0.3 is 4.74 Å². The summed E-state index contributed by atoms with van der Waals surface area (Å²) >= 11 is 0. The summed E-state index contributed by atoms with van der Waals surface area (Å²) < 4.78 is 7.18. The Balaban J connectivity index is 1.78. The van der Waals surface area contributed by atoms with Gasteiger partial charge in [0.05, 0.1) is 19.3 Å².